The van der Waals surface area contributed by atoms with E-state index >= 15 is 0 Å². The fourth-order valence-corrected chi connectivity index (χ4v) is 2.71. The van der Waals surface area contributed by atoms with Crippen LogP contribution in [-0.4, -0.2) is 28.9 Å². The molecule has 4 rings (SSSR count). The zero-order valence-corrected chi connectivity index (χ0v) is 13.1. The summed E-state index contributed by atoms with van der Waals surface area (Å²) in [4.78, 5) is 20.7. The molecule has 0 saturated carbocycles. The number of nitrogens with zero attached hydrogens (tertiary/aromatic N) is 2. The molecule has 2 atom stereocenters. The third-order valence-electron chi connectivity index (χ3n) is 3.94. The standard InChI is InChI=1S/C19H14FN3O2/c20-14-3-1-2-13(10-14)18(24)22-15-4-5-17-16(11-15)23-19(25-17)12-6-8-21-9-7-12/h1-11,16-17H,(H,22,24)/t16-,17+/m0/s1. The van der Waals surface area contributed by atoms with Crippen molar-refractivity contribution < 1.29 is 13.9 Å². The maximum absolute atomic E-state index is 13.2. The molecule has 2 aromatic rings. The summed E-state index contributed by atoms with van der Waals surface area (Å²) in [6.07, 6.45) is 8.61. The largest absolute Gasteiger partial charge is 0.467 e. The first kappa shape index (κ1) is 15.3. The van der Waals surface area contributed by atoms with Gasteiger partial charge in [-0.15, -0.1) is 0 Å². The third-order valence-corrected chi connectivity index (χ3v) is 3.94. The molecule has 1 aliphatic heterocycles. The molecule has 0 radical (unpaired) electrons. The van der Waals surface area contributed by atoms with Crippen LogP contribution in [0.15, 0.2) is 77.7 Å². The molecular weight excluding hydrogens is 321 g/mol. The minimum Gasteiger partial charge on any atom is -0.467 e. The van der Waals surface area contributed by atoms with Crippen molar-refractivity contribution in [2.45, 2.75) is 12.1 Å². The van der Waals surface area contributed by atoms with Crippen LogP contribution >= 0.6 is 0 Å². The second-order valence-corrected chi connectivity index (χ2v) is 5.69. The van der Waals surface area contributed by atoms with Gasteiger partial charge in [0.15, 0.2) is 0 Å². The van der Waals surface area contributed by atoms with Gasteiger partial charge in [-0.1, -0.05) is 6.07 Å². The van der Waals surface area contributed by atoms with Crippen LogP contribution in [0.3, 0.4) is 0 Å². The highest BCUT2D eigenvalue weighted by Gasteiger charge is 2.30. The van der Waals surface area contributed by atoms with Gasteiger partial charge in [0.2, 0.25) is 5.90 Å². The van der Waals surface area contributed by atoms with E-state index in [1.807, 2.05) is 24.3 Å². The number of aliphatic imine (C=N–C) groups is 1. The number of aromatic nitrogens is 1. The number of halogens is 1. The van der Waals surface area contributed by atoms with E-state index in [0.717, 1.165) is 5.56 Å². The fourth-order valence-electron chi connectivity index (χ4n) is 2.71. The minimum absolute atomic E-state index is 0.196. The summed E-state index contributed by atoms with van der Waals surface area (Å²) in [5.41, 5.74) is 1.73. The number of fused-ring (bicyclic) bond motifs is 1. The second-order valence-electron chi connectivity index (χ2n) is 5.69. The molecule has 2 aliphatic rings. The van der Waals surface area contributed by atoms with Crippen LogP contribution in [0.25, 0.3) is 0 Å². The number of carbonyl (C=O) groups is 1. The van der Waals surface area contributed by atoms with Gasteiger partial charge >= 0.3 is 0 Å². The van der Waals surface area contributed by atoms with Crippen molar-refractivity contribution >= 4 is 11.8 Å². The van der Waals surface area contributed by atoms with Crippen LogP contribution in [0, 0.1) is 5.82 Å². The zero-order valence-electron chi connectivity index (χ0n) is 13.1. The highest BCUT2D eigenvalue weighted by Crippen LogP contribution is 2.24. The third kappa shape index (κ3) is 3.19. The lowest BCUT2D eigenvalue weighted by atomic mass is 10.0. The van der Waals surface area contributed by atoms with Gasteiger partial charge < -0.3 is 10.1 Å². The highest BCUT2D eigenvalue weighted by molar-refractivity contribution is 5.96. The lowest BCUT2D eigenvalue weighted by Crippen LogP contribution is -2.28. The van der Waals surface area contributed by atoms with Crippen molar-refractivity contribution in [3.8, 4) is 0 Å². The van der Waals surface area contributed by atoms with Gasteiger partial charge in [-0.2, -0.15) is 0 Å². The van der Waals surface area contributed by atoms with Crippen molar-refractivity contribution in [1.82, 2.24) is 10.3 Å². The quantitative estimate of drug-likeness (QED) is 0.938. The zero-order chi connectivity index (χ0) is 17.2. The number of ether oxygens (including phenoxy) is 1. The average Bonchev–Trinajstić information content (AvgIpc) is 3.06. The van der Waals surface area contributed by atoms with Crippen molar-refractivity contribution in [1.29, 1.82) is 0 Å². The van der Waals surface area contributed by atoms with Gasteiger partial charge in [0.05, 0.1) is 0 Å². The molecule has 0 fully saturated rings. The fraction of sp³-hybridized carbons (Fsp3) is 0.105. The molecular formula is C19H14FN3O2. The first-order chi connectivity index (χ1) is 12.2. The monoisotopic (exact) mass is 335 g/mol. The van der Waals surface area contributed by atoms with E-state index in [9.17, 15) is 9.18 Å². The number of amides is 1. The minimum atomic E-state index is -0.448. The SMILES string of the molecule is O=C(NC1=C[C@@H]2N=C(c3ccncc3)O[C@@H]2C=C1)c1cccc(F)c1. The van der Waals surface area contributed by atoms with Crippen molar-refractivity contribution in [2.75, 3.05) is 0 Å². The molecule has 2 heterocycles. The second kappa shape index (κ2) is 6.32. The summed E-state index contributed by atoms with van der Waals surface area (Å²) in [6.45, 7) is 0. The summed E-state index contributed by atoms with van der Waals surface area (Å²) in [5.74, 6) is -0.265. The molecule has 25 heavy (non-hydrogen) atoms. The van der Waals surface area contributed by atoms with Crippen LogP contribution in [0.1, 0.15) is 15.9 Å². The summed E-state index contributed by atoms with van der Waals surface area (Å²) < 4.78 is 19.1. The van der Waals surface area contributed by atoms with Gasteiger partial charge in [-0.05, 0) is 48.6 Å². The molecule has 1 amide bonds. The van der Waals surface area contributed by atoms with E-state index in [4.69, 9.17) is 4.74 Å². The van der Waals surface area contributed by atoms with E-state index in [1.165, 1.54) is 18.2 Å². The Balaban J connectivity index is 1.51. The van der Waals surface area contributed by atoms with Gasteiger partial charge in [0.25, 0.3) is 5.91 Å². The van der Waals surface area contributed by atoms with E-state index < -0.39 is 5.82 Å². The molecule has 0 spiro atoms. The molecule has 1 N–H and O–H groups in total. The highest BCUT2D eigenvalue weighted by atomic mass is 19.1. The normalized spacial score (nSPS) is 21.0. The van der Waals surface area contributed by atoms with Gasteiger partial charge in [0.1, 0.15) is 18.0 Å². The van der Waals surface area contributed by atoms with E-state index in [0.29, 0.717) is 11.6 Å². The maximum Gasteiger partial charge on any atom is 0.255 e. The van der Waals surface area contributed by atoms with E-state index in [1.54, 1.807) is 24.5 Å². The summed E-state index contributed by atoms with van der Waals surface area (Å²) in [7, 11) is 0. The molecule has 0 saturated heterocycles. The molecule has 124 valence electrons. The van der Waals surface area contributed by atoms with Gasteiger partial charge in [-0.3, -0.25) is 9.78 Å². The number of benzene rings is 1. The first-order valence-electron chi connectivity index (χ1n) is 7.81. The van der Waals surface area contributed by atoms with Crippen molar-refractivity contribution in [3.63, 3.8) is 0 Å². The number of allylic oxidation sites excluding steroid dienone is 1. The predicted molar refractivity (Wildman–Crippen MR) is 90.5 cm³/mol. The first-order valence-corrected chi connectivity index (χ1v) is 7.81. The lowest BCUT2D eigenvalue weighted by Gasteiger charge is -2.17. The molecule has 5 nitrogen and oxygen atoms in total. The molecule has 0 bridgehead atoms. The average molecular weight is 335 g/mol. The van der Waals surface area contributed by atoms with Crippen LogP contribution in [0.2, 0.25) is 0 Å². The Hall–Kier alpha value is -3.28. The van der Waals surface area contributed by atoms with Crippen LogP contribution in [0.5, 0.6) is 0 Å². The molecule has 1 aromatic carbocycles. The maximum atomic E-state index is 13.2. The predicted octanol–water partition coefficient (Wildman–Crippen LogP) is 2.62. The van der Waals surface area contributed by atoms with Crippen LogP contribution < -0.4 is 5.32 Å². The molecule has 6 heteroatoms. The Morgan fingerprint density at radius 2 is 2.04 bits per heavy atom. The van der Waals surface area contributed by atoms with Gasteiger partial charge in [0, 0.05) is 29.2 Å². The van der Waals surface area contributed by atoms with Crippen molar-refractivity contribution in [2.24, 2.45) is 4.99 Å². The number of carbonyl (C=O) groups excluding carboxylic acids is 1. The van der Waals surface area contributed by atoms with E-state index in [2.05, 4.69) is 15.3 Å². The Bertz CT molecular complexity index is 906. The Labute approximate surface area is 143 Å². The summed E-state index contributed by atoms with van der Waals surface area (Å²) in [5, 5.41) is 2.76. The molecule has 0 unspecified atom stereocenters. The number of hydrogen-bond donors (Lipinski definition) is 1. The van der Waals surface area contributed by atoms with Crippen LogP contribution in [-0.2, 0) is 4.74 Å². The Morgan fingerprint density at radius 3 is 2.84 bits per heavy atom. The summed E-state index contributed by atoms with van der Waals surface area (Å²) in [6, 6.07) is 9.01. The number of nitrogens with one attached hydrogen (secondary N) is 1. The Kier molecular flexibility index (Phi) is 3.85. The molecule has 1 aromatic heterocycles. The molecule has 1 aliphatic carbocycles. The van der Waals surface area contributed by atoms with Crippen molar-refractivity contribution in [3.05, 3.63) is 89.7 Å². The smallest absolute Gasteiger partial charge is 0.255 e. The van der Waals surface area contributed by atoms with Gasteiger partial charge in [-0.25, -0.2) is 9.38 Å². The van der Waals surface area contributed by atoms with Crippen LogP contribution in [0.4, 0.5) is 4.39 Å². The number of pyridine rings is 1. The Morgan fingerprint density at radius 1 is 1.20 bits per heavy atom. The summed E-state index contributed by atoms with van der Waals surface area (Å²) >= 11 is 0. The topological polar surface area (TPSA) is 63.6 Å². The number of rotatable bonds is 3. The van der Waals surface area contributed by atoms with E-state index in [-0.39, 0.29) is 23.6 Å². The lowest BCUT2D eigenvalue weighted by molar-refractivity contribution is 0.0966. The number of hydrogen-bond acceptors (Lipinski definition) is 4.